The predicted octanol–water partition coefficient (Wildman–Crippen LogP) is 3.20. The van der Waals surface area contributed by atoms with Gasteiger partial charge >= 0.3 is 6.09 Å². The third-order valence-corrected chi connectivity index (χ3v) is 5.41. The van der Waals surface area contributed by atoms with Crippen LogP contribution < -0.4 is 14.8 Å². The lowest BCUT2D eigenvalue weighted by Crippen LogP contribution is -2.33. The van der Waals surface area contributed by atoms with E-state index in [-0.39, 0.29) is 24.7 Å². The highest BCUT2D eigenvalue weighted by atomic mass is 19.1. The number of cyclic esters (lactones) is 1. The number of pyridine rings is 1. The fraction of sp³-hybridized carbons (Fsp3) is 0.208. The quantitative estimate of drug-likeness (QED) is 0.328. The zero-order valence-corrected chi connectivity index (χ0v) is 18.3. The van der Waals surface area contributed by atoms with Crippen molar-refractivity contribution in [2.45, 2.75) is 19.6 Å². The summed E-state index contributed by atoms with van der Waals surface area (Å²) in [7, 11) is 0. The molecule has 10 heteroatoms. The number of hydrogen-bond acceptors (Lipinski definition) is 5. The Kier molecular flexibility index (Phi) is 6.48. The third-order valence-electron chi connectivity index (χ3n) is 5.41. The Balaban J connectivity index is 1.46. The number of non-ortho nitro benzene ring substituents is 1. The van der Waals surface area contributed by atoms with Crippen LogP contribution in [0.15, 0.2) is 67.0 Å². The highest BCUT2D eigenvalue weighted by molar-refractivity contribution is 5.90. The summed E-state index contributed by atoms with van der Waals surface area (Å²) in [6, 6.07) is 14.4. The molecule has 3 aromatic rings. The molecular formula is C24H22FN4O5+. The lowest BCUT2D eigenvalue weighted by molar-refractivity contribution is -0.688. The van der Waals surface area contributed by atoms with Crippen LogP contribution >= 0.6 is 0 Å². The van der Waals surface area contributed by atoms with E-state index < -0.39 is 22.9 Å². The first-order valence-corrected chi connectivity index (χ1v) is 10.5. The predicted molar refractivity (Wildman–Crippen MR) is 121 cm³/mol. The van der Waals surface area contributed by atoms with Crippen molar-refractivity contribution in [1.29, 1.82) is 0 Å². The molecule has 1 aliphatic heterocycles. The van der Waals surface area contributed by atoms with E-state index in [2.05, 4.69) is 5.32 Å². The number of carbonyl (C=O) groups is 2. The summed E-state index contributed by atoms with van der Waals surface area (Å²) in [6.45, 7) is 2.21. The summed E-state index contributed by atoms with van der Waals surface area (Å²) in [5.74, 6) is -0.716. The van der Waals surface area contributed by atoms with Crippen LogP contribution in [0.2, 0.25) is 0 Å². The molecule has 2 aromatic carbocycles. The Bertz CT molecular complexity index is 1250. The summed E-state index contributed by atoms with van der Waals surface area (Å²) < 4.78 is 22.0. The minimum Gasteiger partial charge on any atom is -0.442 e. The fourth-order valence-corrected chi connectivity index (χ4v) is 3.72. The molecular weight excluding hydrogens is 443 g/mol. The van der Waals surface area contributed by atoms with Crippen molar-refractivity contribution in [2.75, 3.05) is 18.0 Å². The highest BCUT2D eigenvalue weighted by Crippen LogP contribution is 2.28. The number of carbonyl (C=O) groups excluding carboxylic acids is 2. The van der Waals surface area contributed by atoms with Gasteiger partial charge in [0, 0.05) is 42.3 Å². The Morgan fingerprint density at radius 3 is 2.68 bits per heavy atom. The molecule has 174 valence electrons. The highest BCUT2D eigenvalue weighted by Gasteiger charge is 2.32. The van der Waals surface area contributed by atoms with Gasteiger partial charge in [-0.3, -0.25) is 19.8 Å². The molecule has 4 rings (SSSR count). The van der Waals surface area contributed by atoms with Crippen molar-refractivity contribution < 1.29 is 28.2 Å². The van der Waals surface area contributed by atoms with E-state index in [1.807, 2.05) is 4.57 Å². The molecule has 2 amide bonds. The molecule has 0 spiro atoms. The first kappa shape index (κ1) is 22.8. The second-order valence-electron chi connectivity index (χ2n) is 7.90. The first-order valence-electron chi connectivity index (χ1n) is 10.5. The number of aromatic nitrogens is 1. The minimum atomic E-state index is -0.593. The van der Waals surface area contributed by atoms with Gasteiger partial charge in [-0.05, 0) is 23.8 Å². The maximum atomic E-state index is 14.9. The number of ether oxygens (including phenoxy) is 1. The number of nitro benzene ring substituents is 1. The smallest absolute Gasteiger partial charge is 0.414 e. The normalized spacial score (nSPS) is 15.2. The first-order chi connectivity index (χ1) is 16.3. The maximum absolute atomic E-state index is 14.9. The van der Waals surface area contributed by atoms with Gasteiger partial charge in [-0.25, -0.2) is 13.8 Å². The van der Waals surface area contributed by atoms with Crippen molar-refractivity contribution in [3.63, 3.8) is 0 Å². The van der Waals surface area contributed by atoms with Crippen LogP contribution in [0.1, 0.15) is 12.5 Å². The zero-order chi connectivity index (χ0) is 24.2. The van der Waals surface area contributed by atoms with Crippen molar-refractivity contribution in [1.82, 2.24) is 5.32 Å². The van der Waals surface area contributed by atoms with Crippen molar-refractivity contribution in [3.8, 4) is 11.1 Å². The molecule has 1 fully saturated rings. The lowest BCUT2D eigenvalue weighted by atomic mass is 10.1. The van der Waals surface area contributed by atoms with Crippen molar-refractivity contribution in [3.05, 3.63) is 88.5 Å². The largest absolute Gasteiger partial charge is 0.442 e. The van der Waals surface area contributed by atoms with Crippen LogP contribution in [0, 0.1) is 15.9 Å². The van der Waals surface area contributed by atoms with E-state index in [0.717, 1.165) is 5.56 Å². The topological polar surface area (TPSA) is 106 Å². The number of benzene rings is 2. The van der Waals surface area contributed by atoms with Gasteiger partial charge in [-0.15, -0.1) is 0 Å². The maximum Gasteiger partial charge on any atom is 0.414 e. The lowest BCUT2D eigenvalue weighted by Gasteiger charge is -2.14. The average Bonchev–Trinajstić information content (AvgIpc) is 3.19. The molecule has 1 aliphatic rings. The van der Waals surface area contributed by atoms with Crippen LogP contribution in [0.25, 0.3) is 11.1 Å². The van der Waals surface area contributed by atoms with Crippen LogP contribution in [0.4, 0.5) is 20.6 Å². The molecule has 1 aromatic heterocycles. The summed E-state index contributed by atoms with van der Waals surface area (Å²) in [6.07, 6.45) is 2.44. The van der Waals surface area contributed by atoms with E-state index in [0.29, 0.717) is 23.4 Å². The van der Waals surface area contributed by atoms with Crippen molar-refractivity contribution in [2.24, 2.45) is 0 Å². The summed E-state index contributed by atoms with van der Waals surface area (Å²) in [4.78, 5) is 35.1. The van der Waals surface area contributed by atoms with Crippen molar-refractivity contribution >= 4 is 23.4 Å². The third kappa shape index (κ3) is 5.17. The van der Waals surface area contributed by atoms with Gasteiger partial charge in [0.05, 0.1) is 23.7 Å². The van der Waals surface area contributed by atoms with Gasteiger partial charge in [0.25, 0.3) is 5.69 Å². The molecule has 9 nitrogen and oxygen atoms in total. The second-order valence-corrected chi connectivity index (χ2v) is 7.90. The van der Waals surface area contributed by atoms with Crippen LogP contribution in [0.5, 0.6) is 0 Å². The number of halogens is 1. The summed E-state index contributed by atoms with van der Waals surface area (Å²) in [5, 5.41) is 13.6. The Labute approximate surface area is 194 Å². The molecule has 34 heavy (non-hydrogen) atoms. The standard InChI is InChI=1S/C24H21FN4O5/c1-16(30)26-13-21-15-28(24(31)34-21)19-5-6-22(23(25)12-19)18-7-9-27(10-8-18)14-17-3-2-4-20(11-17)29(32)33/h2-12,21H,13-15H2,1H3/p+1. The SMILES string of the molecule is CC(=O)NCC1CN(c2ccc(-c3cc[n+](Cc4cccc([N+](=O)[O-])c4)cc3)c(F)c2)C(=O)O1. The van der Waals surface area contributed by atoms with Gasteiger partial charge in [0.1, 0.15) is 11.9 Å². The van der Waals surface area contributed by atoms with E-state index in [1.165, 1.54) is 30.0 Å². The summed E-state index contributed by atoms with van der Waals surface area (Å²) >= 11 is 0. The number of rotatable bonds is 7. The van der Waals surface area contributed by atoms with Crippen LogP contribution in [-0.2, 0) is 16.1 Å². The number of nitrogens with one attached hydrogen (secondary N) is 1. The Morgan fingerprint density at radius 2 is 2.00 bits per heavy atom. The average molecular weight is 465 g/mol. The molecule has 1 saturated heterocycles. The van der Waals surface area contributed by atoms with E-state index in [9.17, 15) is 24.1 Å². The fourth-order valence-electron chi connectivity index (χ4n) is 3.72. The zero-order valence-electron chi connectivity index (χ0n) is 18.3. The molecule has 1 unspecified atom stereocenters. The van der Waals surface area contributed by atoms with Crippen LogP contribution in [0.3, 0.4) is 0 Å². The Morgan fingerprint density at radius 1 is 1.24 bits per heavy atom. The minimum absolute atomic E-state index is 0.0280. The van der Waals surface area contributed by atoms with Gasteiger partial charge < -0.3 is 10.1 Å². The van der Waals surface area contributed by atoms with Gasteiger partial charge in [0.15, 0.2) is 18.9 Å². The summed E-state index contributed by atoms with van der Waals surface area (Å²) in [5.41, 5.74) is 2.19. The van der Waals surface area contributed by atoms with Gasteiger partial charge in [0.2, 0.25) is 5.91 Å². The van der Waals surface area contributed by atoms with E-state index >= 15 is 0 Å². The Hall–Kier alpha value is -4.34. The van der Waals surface area contributed by atoms with Crippen LogP contribution in [-0.4, -0.2) is 36.1 Å². The second kappa shape index (κ2) is 9.65. The van der Waals surface area contributed by atoms with E-state index in [4.69, 9.17) is 4.74 Å². The molecule has 0 saturated carbocycles. The molecule has 1 N–H and O–H groups in total. The molecule has 1 atom stereocenters. The molecule has 0 radical (unpaired) electrons. The number of hydrogen-bond donors (Lipinski definition) is 1. The monoisotopic (exact) mass is 465 g/mol. The molecule has 0 aliphatic carbocycles. The van der Waals surface area contributed by atoms with E-state index in [1.54, 1.807) is 48.8 Å². The number of nitrogens with zero attached hydrogens (tertiary/aromatic N) is 3. The molecule has 0 bridgehead atoms. The van der Waals surface area contributed by atoms with Gasteiger partial charge in [-0.2, -0.15) is 0 Å². The number of nitro groups is 1. The van der Waals surface area contributed by atoms with Gasteiger partial charge in [-0.1, -0.05) is 12.1 Å². The number of amides is 2. The molecule has 2 heterocycles. The number of anilines is 1.